The summed E-state index contributed by atoms with van der Waals surface area (Å²) in [4.78, 5) is 0. The summed E-state index contributed by atoms with van der Waals surface area (Å²) in [6.07, 6.45) is 3.41. The van der Waals surface area contributed by atoms with Crippen molar-refractivity contribution in [1.82, 2.24) is 5.32 Å². The maximum absolute atomic E-state index is 13.7. The van der Waals surface area contributed by atoms with Gasteiger partial charge in [0.1, 0.15) is 11.6 Å². The Morgan fingerprint density at radius 2 is 1.95 bits per heavy atom. The summed E-state index contributed by atoms with van der Waals surface area (Å²) in [6.45, 7) is 6.47. The van der Waals surface area contributed by atoms with Crippen molar-refractivity contribution in [1.29, 1.82) is 0 Å². The van der Waals surface area contributed by atoms with E-state index in [4.69, 9.17) is 4.74 Å². The zero-order valence-electron chi connectivity index (χ0n) is 12.4. The molecule has 0 heterocycles. The molecule has 1 N–H and O–H groups in total. The second-order valence-corrected chi connectivity index (χ2v) is 4.99. The number of rotatable bonds is 10. The molecule has 2 nitrogen and oxygen atoms in total. The van der Waals surface area contributed by atoms with Crippen LogP contribution < -0.4 is 5.32 Å². The molecular weight excluding hydrogens is 260 g/mol. The van der Waals surface area contributed by atoms with Crippen LogP contribution in [0, 0.1) is 11.6 Å². The zero-order chi connectivity index (χ0) is 14.8. The van der Waals surface area contributed by atoms with Crippen LogP contribution in [0.2, 0.25) is 0 Å². The Labute approximate surface area is 120 Å². The summed E-state index contributed by atoms with van der Waals surface area (Å²) >= 11 is 0. The van der Waals surface area contributed by atoms with E-state index < -0.39 is 11.6 Å². The van der Waals surface area contributed by atoms with Gasteiger partial charge in [0, 0.05) is 25.3 Å². The van der Waals surface area contributed by atoms with E-state index in [-0.39, 0.29) is 6.04 Å². The standard InChI is InChI=1S/C16H25F2NO/c1-3-8-19-15(7-10-20-9-4-2)11-13-5-6-14(17)12-16(13)18/h5-6,12,15,19H,3-4,7-11H2,1-2H3. The molecule has 0 saturated heterocycles. The minimum Gasteiger partial charge on any atom is -0.381 e. The van der Waals surface area contributed by atoms with Crippen molar-refractivity contribution in [3.8, 4) is 0 Å². The highest BCUT2D eigenvalue weighted by molar-refractivity contribution is 5.19. The fraction of sp³-hybridized carbons (Fsp3) is 0.625. The Hall–Kier alpha value is -1.00. The number of hydrogen-bond acceptors (Lipinski definition) is 2. The lowest BCUT2D eigenvalue weighted by Crippen LogP contribution is -2.33. The minimum atomic E-state index is -0.532. The molecule has 0 aliphatic rings. The van der Waals surface area contributed by atoms with Gasteiger partial charge in [-0.05, 0) is 43.9 Å². The van der Waals surface area contributed by atoms with E-state index in [1.165, 1.54) is 12.1 Å². The highest BCUT2D eigenvalue weighted by Gasteiger charge is 2.12. The van der Waals surface area contributed by atoms with Gasteiger partial charge in [-0.25, -0.2) is 8.78 Å². The smallest absolute Gasteiger partial charge is 0.129 e. The first-order valence-corrected chi connectivity index (χ1v) is 7.42. The predicted molar refractivity (Wildman–Crippen MR) is 77.9 cm³/mol. The maximum Gasteiger partial charge on any atom is 0.129 e. The lowest BCUT2D eigenvalue weighted by Gasteiger charge is -2.19. The minimum absolute atomic E-state index is 0.159. The number of hydrogen-bond donors (Lipinski definition) is 1. The van der Waals surface area contributed by atoms with Crippen LogP contribution in [0.3, 0.4) is 0 Å². The molecule has 1 aromatic carbocycles. The lowest BCUT2D eigenvalue weighted by molar-refractivity contribution is 0.124. The van der Waals surface area contributed by atoms with E-state index in [9.17, 15) is 8.78 Å². The fourth-order valence-corrected chi connectivity index (χ4v) is 2.05. The van der Waals surface area contributed by atoms with Gasteiger partial charge >= 0.3 is 0 Å². The van der Waals surface area contributed by atoms with Crippen LogP contribution in [0.25, 0.3) is 0 Å². The van der Waals surface area contributed by atoms with Crippen LogP contribution in [0.1, 0.15) is 38.7 Å². The van der Waals surface area contributed by atoms with E-state index in [0.717, 1.165) is 38.5 Å². The summed E-state index contributed by atoms with van der Waals surface area (Å²) in [6, 6.07) is 3.94. The third kappa shape index (κ3) is 6.44. The van der Waals surface area contributed by atoms with Gasteiger partial charge in [0.05, 0.1) is 0 Å². The Kier molecular flexibility index (Phi) is 8.38. The highest BCUT2D eigenvalue weighted by atomic mass is 19.1. The van der Waals surface area contributed by atoms with E-state index >= 15 is 0 Å². The van der Waals surface area contributed by atoms with Crippen LogP contribution in [0.4, 0.5) is 8.78 Å². The molecule has 0 aliphatic heterocycles. The van der Waals surface area contributed by atoms with Gasteiger partial charge in [-0.2, -0.15) is 0 Å². The van der Waals surface area contributed by atoms with Gasteiger partial charge in [-0.15, -0.1) is 0 Å². The predicted octanol–water partition coefficient (Wildman–Crippen LogP) is 3.69. The van der Waals surface area contributed by atoms with Crippen molar-refractivity contribution in [2.75, 3.05) is 19.8 Å². The van der Waals surface area contributed by atoms with Gasteiger partial charge in [0.25, 0.3) is 0 Å². The van der Waals surface area contributed by atoms with E-state index in [1.54, 1.807) is 0 Å². The van der Waals surface area contributed by atoms with Crippen molar-refractivity contribution < 1.29 is 13.5 Å². The number of nitrogens with one attached hydrogen (secondary N) is 1. The molecule has 4 heteroatoms. The largest absolute Gasteiger partial charge is 0.381 e. The van der Waals surface area contributed by atoms with Gasteiger partial charge in [-0.3, -0.25) is 0 Å². The van der Waals surface area contributed by atoms with Crippen LogP contribution >= 0.6 is 0 Å². The van der Waals surface area contributed by atoms with E-state index in [2.05, 4.69) is 19.2 Å². The summed E-state index contributed by atoms with van der Waals surface area (Å²) in [5, 5.41) is 3.40. The molecule has 20 heavy (non-hydrogen) atoms. The van der Waals surface area contributed by atoms with Crippen molar-refractivity contribution in [3.63, 3.8) is 0 Å². The summed E-state index contributed by atoms with van der Waals surface area (Å²) in [7, 11) is 0. The summed E-state index contributed by atoms with van der Waals surface area (Å²) < 4.78 is 32.1. The van der Waals surface area contributed by atoms with Crippen molar-refractivity contribution in [2.45, 2.75) is 45.6 Å². The van der Waals surface area contributed by atoms with Crippen LogP contribution in [-0.2, 0) is 11.2 Å². The molecule has 0 saturated carbocycles. The molecule has 0 aliphatic carbocycles. The number of benzene rings is 1. The Balaban J connectivity index is 2.53. The second-order valence-electron chi connectivity index (χ2n) is 4.99. The Bertz CT molecular complexity index is 385. The zero-order valence-corrected chi connectivity index (χ0v) is 12.4. The molecule has 1 rings (SSSR count). The molecule has 114 valence electrons. The average Bonchev–Trinajstić information content (AvgIpc) is 2.43. The number of halogens is 2. The molecule has 0 bridgehead atoms. The first kappa shape index (κ1) is 17.1. The summed E-state index contributed by atoms with van der Waals surface area (Å²) in [5.41, 5.74) is 0.551. The number of ether oxygens (including phenoxy) is 1. The molecular formula is C16H25F2NO. The Morgan fingerprint density at radius 1 is 1.15 bits per heavy atom. The van der Waals surface area contributed by atoms with Gasteiger partial charge < -0.3 is 10.1 Å². The summed E-state index contributed by atoms with van der Waals surface area (Å²) in [5.74, 6) is -1.00. The second kappa shape index (κ2) is 9.83. The molecule has 1 aromatic rings. The van der Waals surface area contributed by atoms with Crippen LogP contribution in [0.15, 0.2) is 18.2 Å². The quantitative estimate of drug-likeness (QED) is 0.662. The lowest BCUT2D eigenvalue weighted by atomic mass is 10.0. The molecule has 0 amide bonds. The maximum atomic E-state index is 13.7. The van der Waals surface area contributed by atoms with Crippen LogP contribution in [0.5, 0.6) is 0 Å². The Morgan fingerprint density at radius 3 is 2.60 bits per heavy atom. The SMILES string of the molecule is CCCNC(CCOCCC)Cc1ccc(F)cc1F. The van der Waals surface area contributed by atoms with E-state index in [0.29, 0.717) is 18.6 Å². The highest BCUT2D eigenvalue weighted by Crippen LogP contribution is 2.13. The van der Waals surface area contributed by atoms with Gasteiger partial charge in [0.15, 0.2) is 0 Å². The first-order valence-electron chi connectivity index (χ1n) is 7.42. The first-order chi connectivity index (χ1) is 9.67. The topological polar surface area (TPSA) is 21.3 Å². The van der Waals surface area contributed by atoms with Gasteiger partial charge in [0.2, 0.25) is 0 Å². The van der Waals surface area contributed by atoms with Gasteiger partial charge in [-0.1, -0.05) is 19.9 Å². The molecule has 1 unspecified atom stereocenters. The molecule has 0 fully saturated rings. The van der Waals surface area contributed by atoms with E-state index in [1.807, 2.05) is 0 Å². The average molecular weight is 285 g/mol. The normalized spacial score (nSPS) is 12.6. The molecule has 0 radical (unpaired) electrons. The third-order valence-electron chi connectivity index (χ3n) is 3.12. The monoisotopic (exact) mass is 285 g/mol. The van der Waals surface area contributed by atoms with Crippen molar-refractivity contribution in [3.05, 3.63) is 35.4 Å². The molecule has 0 spiro atoms. The third-order valence-corrected chi connectivity index (χ3v) is 3.12. The molecule has 0 aromatic heterocycles. The van der Waals surface area contributed by atoms with Crippen LogP contribution in [-0.4, -0.2) is 25.8 Å². The molecule has 1 atom stereocenters. The fourth-order valence-electron chi connectivity index (χ4n) is 2.05. The van der Waals surface area contributed by atoms with Crippen molar-refractivity contribution in [2.24, 2.45) is 0 Å². The van der Waals surface area contributed by atoms with Crippen molar-refractivity contribution >= 4 is 0 Å².